The van der Waals surface area contributed by atoms with Crippen LogP contribution in [0, 0.1) is 0 Å². The van der Waals surface area contributed by atoms with Crippen molar-refractivity contribution in [3.63, 3.8) is 0 Å². The van der Waals surface area contributed by atoms with E-state index in [1.807, 2.05) is 0 Å². The monoisotopic (exact) mass is 348 g/mol. The van der Waals surface area contributed by atoms with Crippen molar-refractivity contribution in [3.05, 3.63) is 47.5 Å². The standard InChI is InChI=1S/C19H24O6/c1-12(2)15(20)24-18(3,4)13-9-8-10-14(11-13)19(5,6)25-17(22)16(21)23-7/h8-11H,1H2,2-7H3. The van der Waals surface area contributed by atoms with Crippen LogP contribution in [0.2, 0.25) is 0 Å². The van der Waals surface area contributed by atoms with Gasteiger partial charge in [-0.15, -0.1) is 0 Å². The Bertz CT molecular complexity index is 700. The molecule has 0 spiro atoms. The molecule has 25 heavy (non-hydrogen) atoms. The molecule has 136 valence electrons. The van der Waals surface area contributed by atoms with Gasteiger partial charge in [-0.25, -0.2) is 14.4 Å². The van der Waals surface area contributed by atoms with Crippen molar-refractivity contribution in [2.24, 2.45) is 0 Å². The van der Waals surface area contributed by atoms with E-state index >= 15 is 0 Å². The number of hydrogen-bond donors (Lipinski definition) is 0. The second kappa shape index (κ2) is 7.51. The van der Waals surface area contributed by atoms with E-state index < -0.39 is 29.1 Å². The summed E-state index contributed by atoms with van der Waals surface area (Å²) in [5.41, 5.74) is -0.329. The first kappa shape index (κ1) is 20.4. The molecule has 0 amide bonds. The number of carbonyl (C=O) groups excluding carboxylic acids is 3. The van der Waals surface area contributed by atoms with E-state index in [1.54, 1.807) is 58.9 Å². The Hall–Kier alpha value is -2.63. The maximum Gasteiger partial charge on any atom is 0.418 e. The van der Waals surface area contributed by atoms with Crippen molar-refractivity contribution in [1.82, 2.24) is 0 Å². The minimum atomic E-state index is -1.08. The fourth-order valence-corrected chi connectivity index (χ4v) is 2.06. The van der Waals surface area contributed by atoms with Gasteiger partial charge in [-0.3, -0.25) is 0 Å². The highest BCUT2D eigenvalue weighted by molar-refractivity contribution is 6.29. The summed E-state index contributed by atoms with van der Waals surface area (Å²) in [6, 6.07) is 7.07. The van der Waals surface area contributed by atoms with E-state index in [9.17, 15) is 14.4 Å². The number of carbonyl (C=O) groups is 3. The fourth-order valence-electron chi connectivity index (χ4n) is 2.06. The molecule has 0 aliphatic heterocycles. The zero-order chi connectivity index (χ0) is 19.4. The Morgan fingerprint density at radius 1 is 0.880 bits per heavy atom. The highest BCUT2D eigenvalue weighted by Crippen LogP contribution is 2.31. The molecular weight excluding hydrogens is 324 g/mol. The lowest BCUT2D eigenvalue weighted by molar-refractivity contribution is -0.174. The molecule has 6 heteroatoms. The van der Waals surface area contributed by atoms with Gasteiger partial charge in [0.1, 0.15) is 11.2 Å². The van der Waals surface area contributed by atoms with Crippen LogP contribution in [0.15, 0.2) is 36.4 Å². The van der Waals surface area contributed by atoms with Crippen LogP contribution in [-0.2, 0) is 39.8 Å². The molecule has 1 aromatic rings. The molecule has 0 aliphatic carbocycles. The lowest BCUT2D eigenvalue weighted by Crippen LogP contribution is -2.31. The second-order valence-electron chi connectivity index (χ2n) is 6.65. The van der Waals surface area contributed by atoms with Crippen molar-refractivity contribution in [1.29, 1.82) is 0 Å². The zero-order valence-corrected chi connectivity index (χ0v) is 15.5. The number of rotatable bonds is 5. The topological polar surface area (TPSA) is 78.9 Å². The third-order valence-corrected chi connectivity index (χ3v) is 3.65. The first-order chi connectivity index (χ1) is 11.4. The summed E-state index contributed by atoms with van der Waals surface area (Å²) in [7, 11) is 1.11. The van der Waals surface area contributed by atoms with Gasteiger partial charge in [0.2, 0.25) is 0 Å². The predicted molar refractivity (Wildman–Crippen MR) is 91.5 cm³/mol. The summed E-state index contributed by atoms with van der Waals surface area (Å²) in [4.78, 5) is 34.8. The fraction of sp³-hybridized carbons (Fsp3) is 0.421. The summed E-state index contributed by atoms with van der Waals surface area (Å²) in [6.07, 6.45) is 0. The summed E-state index contributed by atoms with van der Waals surface area (Å²) >= 11 is 0. The first-order valence-electron chi connectivity index (χ1n) is 7.72. The normalized spacial score (nSPS) is 11.4. The molecule has 6 nitrogen and oxygen atoms in total. The van der Waals surface area contributed by atoms with Gasteiger partial charge in [-0.05, 0) is 51.8 Å². The molecule has 1 aromatic carbocycles. The molecule has 0 atom stereocenters. The molecule has 0 heterocycles. The average Bonchev–Trinajstić information content (AvgIpc) is 2.53. The lowest BCUT2D eigenvalue weighted by atomic mass is 9.90. The average molecular weight is 348 g/mol. The maximum atomic E-state index is 11.8. The zero-order valence-electron chi connectivity index (χ0n) is 15.5. The molecule has 0 saturated heterocycles. The van der Waals surface area contributed by atoms with Crippen LogP contribution in [0.3, 0.4) is 0 Å². The van der Waals surface area contributed by atoms with Crippen LogP contribution in [0.25, 0.3) is 0 Å². The number of methoxy groups -OCH3 is 1. The summed E-state index contributed by atoms with van der Waals surface area (Å²) in [5.74, 6) is -2.64. The van der Waals surface area contributed by atoms with Gasteiger partial charge in [0.05, 0.1) is 7.11 Å². The summed E-state index contributed by atoms with van der Waals surface area (Å²) in [5, 5.41) is 0. The minimum Gasteiger partial charge on any atom is -0.461 e. The highest BCUT2D eigenvalue weighted by atomic mass is 16.6. The molecule has 0 unspecified atom stereocenters. The van der Waals surface area contributed by atoms with Crippen molar-refractivity contribution in [2.75, 3.05) is 7.11 Å². The van der Waals surface area contributed by atoms with E-state index in [4.69, 9.17) is 9.47 Å². The molecule has 0 N–H and O–H groups in total. The molecular formula is C19H24O6. The second-order valence-corrected chi connectivity index (χ2v) is 6.65. The van der Waals surface area contributed by atoms with Gasteiger partial charge < -0.3 is 14.2 Å². The Morgan fingerprint density at radius 2 is 1.32 bits per heavy atom. The summed E-state index contributed by atoms with van der Waals surface area (Å²) < 4.78 is 15.1. The smallest absolute Gasteiger partial charge is 0.418 e. The van der Waals surface area contributed by atoms with Crippen molar-refractivity contribution < 1.29 is 28.6 Å². The molecule has 0 aliphatic rings. The van der Waals surface area contributed by atoms with Crippen LogP contribution in [0.1, 0.15) is 45.7 Å². The van der Waals surface area contributed by atoms with Crippen LogP contribution in [0.4, 0.5) is 0 Å². The number of hydrogen-bond acceptors (Lipinski definition) is 6. The van der Waals surface area contributed by atoms with Gasteiger partial charge in [-0.2, -0.15) is 0 Å². The van der Waals surface area contributed by atoms with Crippen molar-refractivity contribution in [2.45, 2.75) is 45.8 Å². The maximum absolute atomic E-state index is 11.8. The lowest BCUT2D eigenvalue weighted by Gasteiger charge is -2.29. The van der Waals surface area contributed by atoms with E-state index in [1.165, 1.54) is 0 Å². The number of esters is 3. The van der Waals surface area contributed by atoms with Gasteiger partial charge in [0.15, 0.2) is 0 Å². The molecule has 0 radical (unpaired) electrons. The van der Waals surface area contributed by atoms with Crippen LogP contribution in [-0.4, -0.2) is 25.0 Å². The van der Waals surface area contributed by atoms with Gasteiger partial charge >= 0.3 is 17.9 Å². The number of ether oxygens (including phenoxy) is 3. The Morgan fingerprint density at radius 3 is 1.72 bits per heavy atom. The minimum absolute atomic E-state index is 0.302. The molecule has 0 aromatic heterocycles. The Labute approximate surface area is 147 Å². The van der Waals surface area contributed by atoms with Gasteiger partial charge in [0, 0.05) is 5.57 Å². The highest BCUT2D eigenvalue weighted by Gasteiger charge is 2.32. The van der Waals surface area contributed by atoms with Crippen LogP contribution < -0.4 is 0 Å². The first-order valence-corrected chi connectivity index (χ1v) is 7.72. The Kier molecular flexibility index (Phi) is 6.13. The largest absolute Gasteiger partial charge is 0.461 e. The molecule has 0 fully saturated rings. The van der Waals surface area contributed by atoms with E-state index in [-0.39, 0.29) is 0 Å². The summed E-state index contributed by atoms with van der Waals surface area (Å²) in [6.45, 7) is 12.0. The Balaban J connectivity index is 3.11. The van der Waals surface area contributed by atoms with E-state index in [0.717, 1.165) is 7.11 Å². The van der Waals surface area contributed by atoms with Gasteiger partial charge in [0.25, 0.3) is 0 Å². The molecule has 1 rings (SSSR count). The molecule has 0 bridgehead atoms. The van der Waals surface area contributed by atoms with Crippen molar-refractivity contribution >= 4 is 17.9 Å². The molecule has 0 saturated carbocycles. The predicted octanol–water partition coefficient (Wildman–Crippen LogP) is 2.99. The van der Waals surface area contributed by atoms with E-state index in [0.29, 0.717) is 16.7 Å². The number of benzene rings is 1. The van der Waals surface area contributed by atoms with Crippen LogP contribution in [0.5, 0.6) is 0 Å². The quantitative estimate of drug-likeness (QED) is 0.352. The van der Waals surface area contributed by atoms with Gasteiger partial charge in [-0.1, -0.05) is 24.8 Å². The third-order valence-electron chi connectivity index (χ3n) is 3.65. The van der Waals surface area contributed by atoms with Crippen LogP contribution >= 0.6 is 0 Å². The third kappa shape index (κ3) is 5.17. The van der Waals surface area contributed by atoms with Crippen molar-refractivity contribution in [3.8, 4) is 0 Å². The SMILES string of the molecule is C=C(C)C(=O)OC(C)(C)c1cccc(C(C)(C)OC(=O)C(=O)OC)c1. The van der Waals surface area contributed by atoms with E-state index in [2.05, 4.69) is 11.3 Å².